The van der Waals surface area contributed by atoms with Crippen LogP contribution in [-0.4, -0.2) is 16.1 Å². The van der Waals surface area contributed by atoms with Gasteiger partial charge in [-0.15, -0.1) is 0 Å². The summed E-state index contributed by atoms with van der Waals surface area (Å²) in [6, 6.07) is 19.1. The first-order valence-corrected chi connectivity index (χ1v) is 8.47. The average Bonchev–Trinajstić information content (AvgIpc) is 2.65. The summed E-state index contributed by atoms with van der Waals surface area (Å²) in [6.45, 7) is 0. The minimum absolute atomic E-state index is 0.257. The van der Waals surface area contributed by atoms with Gasteiger partial charge in [-0.2, -0.15) is 0 Å². The molecular weight excluding hydrogens is 346 g/mol. The van der Waals surface area contributed by atoms with E-state index in [9.17, 15) is 9.90 Å². The molecule has 126 valence electrons. The van der Waals surface area contributed by atoms with Crippen LogP contribution in [0.25, 0.3) is 33.8 Å². The van der Waals surface area contributed by atoms with Crippen molar-refractivity contribution < 1.29 is 9.90 Å². The fraction of sp³-hybridized carbons (Fsp3) is 0. The van der Waals surface area contributed by atoms with E-state index in [4.69, 9.17) is 11.6 Å². The highest BCUT2D eigenvalue weighted by Gasteiger charge is 2.08. The number of carboxylic acid groups (broad SMARTS) is 1. The van der Waals surface area contributed by atoms with Crippen LogP contribution in [-0.2, 0) is 0 Å². The van der Waals surface area contributed by atoms with Crippen LogP contribution in [0.2, 0.25) is 5.02 Å². The fourth-order valence-corrected chi connectivity index (χ4v) is 3.17. The SMILES string of the molecule is O=C(O)c1ccnc2ccc(C=Cc3ccc4cc(Cl)ccc4c3)cc12. The Balaban J connectivity index is 1.71. The third kappa shape index (κ3) is 3.17. The molecule has 0 radical (unpaired) electrons. The number of aromatic carboxylic acids is 1. The van der Waals surface area contributed by atoms with E-state index in [1.54, 1.807) is 0 Å². The number of fused-ring (bicyclic) bond motifs is 2. The molecule has 3 nitrogen and oxygen atoms in total. The van der Waals surface area contributed by atoms with E-state index in [-0.39, 0.29) is 5.56 Å². The molecule has 0 amide bonds. The van der Waals surface area contributed by atoms with Gasteiger partial charge in [0.25, 0.3) is 0 Å². The quantitative estimate of drug-likeness (QED) is 0.462. The monoisotopic (exact) mass is 359 g/mol. The lowest BCUT2D eigenvalue weighted by atomic mass is 10.0. The predicted octanol–water partition coefficient (Wildman–Crippen LogP) is 5.91. The summed E-state index contributed by atoms with van der Waals surface area (Å²) in [4.78, 5) is 15.6. The first kappa shape index (κ1) is 16.3. The molecule has 1 aromatic heterocycles. The molecule has 0 aliphatic carbocycles. The molecule has 0 saturated heterocycles. The number of pyridine rings is 1. The first-order chi connectivity index (χ1) is 12.6. The molecule has 0 saturated carbocycles. The molecule has 3 aromatic carbocycles. The summed E-state index contributed by atoms with van der Waals surface area (Å²) in [5.41, 5.74) is 2.91. The highest BCUT2D eigenvalue weighted by molar-refractivity contribution is 6.31. The molecule has 0 fully saturated rings. The minimum Gasteiger partial charge on any atom is -0.478 e. The van der Waals surface area contributed by atoms with Gasteiger partial charge in [0.2, 0.25) is 0 Å². The van der Waals surface area contributed by atoms with Gasteiger partial charge in [-0.05, 0) is 58.3 Å². The number of benzene rings is 3. The highest BCUT2D eigenvalue weighted by atomic mass is 35.5. The van der Waals surface area contributed by atoms with E-state index < -0.39 is 5.97 Å². The zero-order chi connectivity index (χ0) is 18.1. The summed E-state index contributed by atoms with van der Waals surface area (Å²) in [5.74, 6) is -0.952. The van der Waals surface area contributed by atoms with Crippen LogP contribution in [0.15, 0.2) is 66.9 Å². The number of carboxylic acids is 1. The van der Waals surface area contributed by atoms with Crippen LogP contribution >= 0.6 is 11.6 Å². The summed E-state index contributed by atoms with van der Waals surface area (Å²) in [5, 5.41) is 12.9. The Morgan fingerprint density at radius 1 is 0.885 bits per heavy atom. The zero-order valence-electron chi connectivity index (χ0n) is 13.7. The Kier molecular flexibility index (Phi) is 4.15. The van der Waals surface area contributed by atoms with Crippen molar-refractivity contribution in [2.75, 3.05) is 0 Å². The molecule has 26 heavy (non-hydrogen) atoms. The summed E-state index contributed by atoms with van der Waals surface area (Å²) < 4.78 is 0. The van der Waals surface area contributed by atoms with Crippen molar-refractivity contribution in [2.45, 2.75) is 0 Å². The molecule has 0 atom stereocenters. The molecule has 0 bridgehead atoms. The van der Waals surface area contributed by atoms with Gasteiger partial charge in [0.05, 0.1) is 11.1 Å². The van der Waals surface area contributed by atoms with Gasteiger partial charge in [0.1, 0.15) is 0 Å². The molecule has 1 heterocycles. The first-order valence-electron chi connectivity index (χ1n) is 8.10. The maximum atomic E-state index is 11.4. The van der Waals surface area contributed by atoms with Crippen molar-refractivity contribution in [3.63, 3.8) is 0 Å². The van der Waals surface area contributed by atoms with Gasteiger partial charge in [0, 0.05) is 16.6 Å². The van der Waals surface area contributed by atoms with Crippen LogP contribution in [0.5, 0.6) is 0 Å². The van der Waals surface area contributed by atoms with Gasteiger partial charge in [-0.25, -0.2) is 4.79 Å². The molecule has 0 spiro atoms. The van der Waals surface area contributed by atoms with E-state index in [1.807, 2.05) is 60.7 Å². The van der Waals surface area contributed by atoms with E-state index >= 15 is 0 Å². The van der Waals surface area contributed by atoms with E-state index in [0.717, 1.165) is 26.9 Å². The van der Waals surface area contributed by atoms with Crippen LogP contribution in [0.4, 0.5) is 0 Å². The van der Waals surface area contributed by atoms with Crippen molar-refractivity contribution in [3.05, 3.63) is 88.6 Å². The van der Waals surface area contributed by atoms with Crippen molar-refractivity contribution in [3.8, 4) is 0 Å². The maximum Gasteiger partial charge on any atom is 0.336 e. The number of hydrogen-bond acceptors (Lipinski definition) is 2. The zero-order valence-corrected chi connectivity index (χ0v) is 14.4. The molecule has 4 heteroatoms. The topological polar surface area (TPSA) is 50.2 Å². The second-order valence-electron chi connectivity index (χ2n) is 6.02. The lowest BCUT2D eigenvalue weighted by Gasteiger charge is -2.03. The Labute approximate surface area is 155 Å². The number of halogens is 1. The third-order valence-corrected chi connectivity index (χ3v) is 4.53. The maximum absolute atomic E-state index is 11.4. The van der Waals surface area contributed by atoms with Crippen molar-refractivity contribution in [1.82, 2.24) is 4.98 Å². The fourth-order valence-electron chi connectivity index (χ4n) is 2.99. The Morgan fingerprint density at radius 3 is 2.38 bits per heavy atom. The smallest absolute Gasteiger partial charge is 0.336 e. The predicted molar refractivity (Wildman–Crippen MR) is 107 cm³/mol. The van der Waals surface area contributed by atoms with Crippen LogP contribution in [0.1, 0.15) is 21.5 Å². The van der Waals surface area contributed by atoms with Gasteiger partial charge < -0.3 is 5.11 Å². The Bertz CT molecular complexity index is 1180. The number of aromatic nitrogens is 1. The van der Waals surface area contributed by atoms with Gasteiger partial charge in [0.15, 0.2) is 0 Å². The third-order valence-electron chi connectivity index (χ3n) is 4.29. The minimum atomic E-state index is -0.952. The van der Waals surface area contributed by atoms with Gasteiger partial charge in [-0.3, -0.25) is 4.98 Å². The van der Waals surface area contributed by atoms with E-state index in [0.29, 0.717) is 10.9 Å². The Morgan fingerprint density at radius 2 is 1.58 bits per heavy atom. The summed E-state index contributed by atoms with van der Waals surface area (Å²) >= 11 is 6.02. The van der Waals surface area contributed by atoms with Gasteiger partial charge >= 0.3 is 5.97 Å². The summed E-state index contributed by atoms with van der Waals surface area (Å²) in [6.07, 6.45) is 5.49. The van der Waals surface area contributed by atoms with Crippen LogP contribution in [0.3, 0.4) is 0 Å². The van der Waals surface area contributed by atoms with Gasteiger partial charge in [-0.1, -0.05) is 48.0 Å². The molecule has 0 unspecified atom stereocenters. The normalized spacial score (nSPS) is 11.4. The second kappa shape index (κ2) is 6.62. The molecular formula is C22H14ClNO2. The van der Waals surface area contributed by atoms with Crippen molar-refractivity contribution in [2.24, 2.45) is 0 Å². The lowest BCUT2D eigenvalue weighted by molar-refractivity contribution is 0.0699. The number of nitrogens with zero attached hydrogens (tertiary/aromatic N) is 1. The molecule has 4 rings (SSSR count). The Hall–Kier alpha value is -3.17. The highest BCUT2D eigenvalue weighted by Crippen LogP contribution is 2.23. The number of carbonyl (C=O) groups is 1. The standard InChI is InChI=1S/C22H14ClNO2/c23-18-7-6-16-11-14(3-5-17(16)13-18)1-2-15-4-8-21-20(12-15)19(22(25)26)9-10-24-21/h1-13H,(H,25,26). The average molecular weight is 360 g/mol. The molecule has 0 aliphatic heterocycles. The molecule has 1 N–H and O–H groups in total. The lowest BCUT2D eigenvalue weighted by Crippen LogP contribution is -1.98. The number of rotatable bonds is 3. The summed E-state index contributed by atoms with van der Waals surface area (Å²) in [7, 11) is 0. The molecule has 4 aromatic rings. The van der Waals surface area contributed by atoms with Crippen LogP contribution < -0.4 is 0 Å². The molecule has 0 aliphatic rings. The number of hydrogen-bond donors (Lipinski definition) is 1. The van der Waals surface area contributed by atoms with E-state index in [1.165, 1.54) is 12.3 Å². The van der Waals surface area contributed by atoms with Crippen molar-refractivity contribution in [1.29, 1.82) is 0 Å². The largest absolute Gasteiger partial charge is 0.478 e. The van der Waals surface area contributed by atoms with Crippen molar-refractivity contribution >= 4 is 51.4 Å². The van der Waals surface area contributed by atoms with E-state index in [2.05, 4.69) is 11.1 Å². The second-order valence-corrected chi connectivity index (χ2v) is 6.46. The van der Waals surface area contributed by atoms with Crippen LogP contribution in [0, 0.1) is 0 Å².